The highest BCUT2D eigenvalue weighted by Crippen LogP contribution is 2.34. The van der Waals surface area contributed by atoms with E-state index in [1.807, 2.05) is 0 Å². The van der Waals surface area contributed by atoms with E-state index in [0.717, 1.165) is 24.7 Å². The van der Waals surface area contributed by atoms with E-state index in [1.165, 1.54) is 85.3 Å². The molecule has 0 bridgehead atoms. The van der Waals surface area contributed by atoms with Crippen LogP contribution in [0.3, 0.4) is 0 Å². The topological polar surface area (TPSA) is 85.0 Å². The highest BCUT2D eigenvalue weighted by atomic mass is 19.1. The second-order valence-corrected chi connectivity index (χ2v) is 10.5. The maximum Gasteiger partial charge on any atom is 0.335 e. The number of halogens is 1. The zero-order valence-corrected chi connectivity index (χ0v) is 22.2. The highest BCUT2D eigenvalue weighted by molar-refractivity contribution is 5.59. The van der Waals surface area contributed by atoms with Crippen LogP contribution in [0.1, 0.15) is 84.8 Å². The summed E-state index contributed by atoms with van der Waals surface area (Å²) in [7, 11) is 0. The zero-order chi connectivity index (χ0) is 26.4. The van der Waals surface area contributed by atoms with Crippen LogP contribution in [0.25, 0.3) is 17.1 Å². The third-order valence-electron chi connectivity index (χ3n) is 7.74. The van der Waals surface area contributed by atoms with E-state index in [0.29, 0.717) is 29.1 Å². The molecule has 1 aliphatic rings. The van der Waals surface area contributed by atoms with Crippen molar-refractivity contribution < 1.29 is 9.50 Å². The molecule has 2 unspecified atom stereocenters. The Morgan fingerprint density at radius 2 is 1.81 bits per heavy atom. The van der Waals surface area contributed by atoms with Gasteiger partial charge in [-0.1, -0.05) is 46.0 Å². The van der Waals surface area contributed by atoms with Crippen molar-refractivity contribution in [2.45, 2.75) is 90.8 Å². The molecular weight excluding hydrogens is 469 g/mol. The third kappa shape index (κ3) is 6.66. The van der Waals surface area contributed by atoms with Crippen molar-refractivity contribution in [3.8, 4) is 17.1 Å². The largest absolute Gasteiger partial charge is 0.373 e. The van der Waals surface area contributed by atoms with Crippen molar-refractivity contribution in [3.05, 3.63) is 59.0 Å². The minimum atomic E-state index is -1.02. The van der Waals surface area contributed by atoms with E-state index < -0.39 is 11.9 Å². The number of rotatable bonds is 11. The molecular formula is C29H40FN5O2. The van der Waals surface area contributed by atoms with Gasteiger partial charge in [-0.25, -0.2) is 19.2 Å². The van der Waals surface area contributed by atoms with Crippen LogP contribution in [0.15, 0.2) is 47.5 Å². The Bertz CT molecular complexity index is 1200. The lowest BCUT2D eigenvalue weighted by atomic mass is 9.77. The first-order valence-electron chi connectivity index (χ1n) is 13.7. The maximum absolute atomic E-state index is 13.5. The van der Waals surface area contributed by atoms with Gasteiger partial charge in [0.2, 0.25) is 5.95 Å². The second kappa shape index (κ2) is 12.5. The van der Waals surface area contributed by atoms with Gasteiger partial charge in [0.05, 0.1) is 17.1 Å². The lowest BCUT2D eigenvalue weighted by Crippen LogP contribution is -2.29. The standard InChI is InChI=1S/C29H40FN5O2/c1-4-5-6-7-8-20(2)22-9-13-24(14-10-22)32-28-31-18-17-26(33-28)27-19-34(21(3)36)29(37)35(27)25-15-11-23(30)12-16-25/h11-12,15-22,24,36H,4-10,13-14H2,1-3H3,(H,31,32,33)/t20?,21?,22-,24-. The number of aromatic nitrogens is 4. The zero-order valence-electron chi connectivity index (χ0n) is 22.2. The van der Waals surface area contributed by atoms with Crippen molar-refractivity contribution in [2.75, 3.05) is 5.32 Å². The van der Waals surface area contributed by atoms with Gasteiger partial charge in [0.15, 0.2) is 0 Å². The van der Waals surface area contributed by atoms with Crippen LogP contribution in [-0.2, 0) is 0 Å². The lowest BCUT2D eigenvalue weighted by molar-refractivity contribution is 0.120. The molecule has 1 saturated carbocycles. The number of anilines is 1. The van der Waals surface area contributed by atoms with E-state index in [-0.39, 0.29) is 5.82 Å². The molecule has 8 heteroatoms. The van der Waals surface area contributed by atoms with Gasteiger partial charge < -0.3 is 10.4 Å². The van der Waals surface area contributed by atoms with Crippen LogP contribution < -0.4 is 11.0 Å². The first-order valence-corrected chi connectivity index (χ1v) is 13.7. The number of benzene rings is 1. The van der Waals surface area contributed by atoms with Gasteiger partial charge >= 0.3 is 5.69 Å². The van der Waals surface area contributed by atoms with Gasteiger partial charge in [-0.2, -0.15) is 0 Å². The predicted octanol–water partition coefficient (Wildman–Crippen LogP) is 6.32. The van der Waals surface area contributed by atoms with Crippen LogP contribution in [0.2, 0.25) is 0 Å². The Labute approximate surface area is 218 Å². The summed E-state index contributed by atoms with van der Waals surface area (Å²) in [5, 5.41) is 13.6. The van der Waals surface area contributed by atoms with Crippen LogP contribution in [0.4, 0.5) is 10.3 Å². The number of hydrogen-bond donors (Lipinski definition) is 2. The summed E-state index contributed by atoms with van der Waals surface area (Å²) in [4.78, 5) is 22.2. The molecule has 1 aromatic carbocycles. The molecule has 37 heavy (non-hydrogen) atoms. The number of aliphatic hydroxyl groups excluding tert-OH is 1. The van der Waals surface area contributed by atoms with E-state index in [4.69, 9.17) is 4.98 Å². The van der Waals surface area contributed by atoms with E-state index in [1.54, 1.807) is 18.5 Å². The van der Waals surface area contributed by atoms with Crippen molar-refractivity contribution in [3.63, 3.8) is 0 Å². The number of nitrogens with one attached hydrogen (secondary N) is 1. The minimum Gasteiger partial charge on any atom is -0.373 e. The van der Waals surface area contributed by atoms with Gasteiger partial charge in [0.1, 0.15) is 12.0 Å². The fraction of sp³-hybridized carbons (Fsp3) is 0.552. The predicted molar refractivity (Wildman–Crippen MR) is 145 cm³/mol. The van der Waals surface area contributed by atoms with Crippen LogP contribution in [0.5, 0.6) is 0 Å². The molecule has 2 heterocycles. The fourth-order valence-corrected chi connectivity index (χ4v) is 5.47. The molecule has 3 aromatic rings. The molecule has 4 rings (SSSR count). The molecule has 2 aromatic heterocycles. The molecule has 1 fully saturated rings. The molecule has 1 aliphatic carbocycles. The Morgan fingerprint density at radius 1 is 1.08 bits per heavy atom. The minimum absolute atomic E-state index is 0.320. The van der Waals surface area contributed by atoms with E-state index in [2.05, 4.69) is 24.1 Å². The number of aliphatic hydroxyl groups is 1. The molecule has 200 valence electrons. The second-order valence-electron chi connectivity index (χ2n) is 10.5. The maximum atomic E-state index is 13.5. The molecule has 2 atom stereocenters. The number of imidazole rings is 1. The van der Waals surface area contributed by atoms with E-state index >= 15 is 0 Å². The highest BCUT2D eigenvalue weighted by Gasteiger charge is 2.26. The summed E-state index contributed by atoms with van der Waals surface area (Å²) < 4.78 is 16.2. The van der Waals surface area contributed by atoms with Crippen molar-refractivity contribution in [1.29, 1.82) is 0 Å². The molecule has 7 nitrogen and oxygen atoms in total. The first kappa shape index (κ1) is 27.0. The van der Waals surface area contributed by atoms with Gasteiger partial charge in [-0.15, -0.1) is 0 Å². The van der Waals surface area contributed by atoms with Crippen LogP contribution in [0, 0.1) is 17.7 Å². The number of hydrogen-bond acceptors (Lipinski definition) is 5. The van der Waals surface area contributed by atoms with E-state index in [9.17, 15) is 14.3 Å². The Balaban J connectivity index is 1.47. The SMILES string of the molecule is CCCCCCC(C)[C@H]1CC[C@H](Nc2nccc(-c3cn(C(C)O)c(=O)n3-c3ccc(F)cc3)n2)CC1. The Kier molecular flexibility index (Phi) is 9.14. The Morgan fingerprint density at radius 3 is 2.49 bits per heavy atom. The van der Waals surface area contributed by atoms with Gasteiger partial charge in [-0.3, -0.25) is 9.13 Å². The quantitative estimate of drug-likeness (QED) is 0.295. The molecule has 0 spiro atoms. The molecule has 2 N–H and O–H groups in total. The lowest BCUT2D eigenvalue weighted by Gasteiger charge is -2.32. The molecule has 0 aliphatic heterocycles. The Hall–Kier alpha value is -3.00. The average Bonchev–Trinajstić information content (AvgIpc) is 3.25. The van der Waals surface area contributed by atoms with Gasteiger partial charge in [0, 0.05) is 18.4 Å². The normalized spacial score (nSPS) is 19.5. The average molecular weight is 510 g/mol. The summed E-state index contributed by atoms with van der Waals surface area (Å²) in [6.45, 7) is 6.19. The van der Waals surface area contributed by atoms with Crippen molar-refractivity contribution in [2.24, 2.45) is 11.8 Å². The van der Waals surface area contributed by atoms with Gasteiger partial charge in [-0.05, 0) is 74.8 Å². The molecule has 0 amide bonds. The summed E-state index contributed by atoms with van der Waals surface area (Å²) in [6.07, 6.45) is 13.5. The first-order chi connectivity index (χ1) is 17.9. The monoisotopic (exact) mass is 509 g/mol. The van der Waals surface area contributed by atoms with Crippen molar-refractivity contribution >= 4 is 5.95 Å². The summed E-state index contributed by atoms with van der Waals surface area (Å²) in [5.74, 6) is 1.70. The third-order valence-corrected chi connectivity index (χ3v) is 7.74. The molecule has 0 saturated heterocycles. The van der Waals surface area contributed by atoms with Crippen molar-refractivity contribution in [1.82, 2.24) is 19.1 Å². The van der Waals surface area contributed by atoms with Crippen LogP contribution in [-0.4, -0.2) is 30.3 Å². The number of unbranched alkanes of at least 4 members (excludes halogenated alkanes) is 3. The van der Waals surface area contributed by atoms with Gasteiger partial charge in [0.25, 0.3) is 0 Å². The summed E-state index contributed by atoms with van der Waals surface area (Å²) in [6, 6.07) is 7.75. The summed E-state index contributed by atoms with van der Waals surface area (Å²) >= 11 is 0. The molecule has 0 radical (unpaired) electrons. The smallest absolute Gasteiger partial charge is 0.335 e. The fourth-order valence-electron chi connectivity index (χ4n) is 5.47. The summed E-state index contributed by atoms with van der Waals surface area (Å²) in [5.41, 5.74) is 1.12. The number of nitrogens with zero attached hydrogens (tertiary/aromatic N) is 4. The van der Waals surface area contributed by atoms with Crippen LogP contribution >= 0.6 is 0 Å².